The van der Waals surface area contributed by atoms with Crippen LogP contribution in [0.2, 0.25) is 0 Å². The lowest BCUT2D eigenvalue weighted by atomic mass is 10.2. The zero-order valence-electron chi connectivity index (χ0n) is 10.2. The number of amides is 1. The van der Waals surface area contributed by atoms with Crippen LogP contribution in [0.25, 0.3) is 0 Å². The van der Waals surface area contributed by atoms with Gasteiger partial charge in [0.25, 0.3) is 5.91 Å². The Morgan fingerprint density at radius 3 is 2.94 bits per heavy atom. The fraction of sp³-hybridized carbons (Fsp3) is 0.286. The van der Waals surface area contributed by atoms with Gasteiger partial charge < -0.3 is 5.32 Å². The number of hydrogen-bond acceptors (Lipinski definition) is 2. The number of carbonyl (C=O) groups is 1. The standard InChI is InChI=1S/C14H15N3O/c1-9-3-2-4-11(7-9)15-14(18)13-8-12(16-17-13)10-5-6-10/h2-4,7-8,10H,5-6H2,1H3,(H,15,18)(H,16,17). The molecule has 0 bridgehead atoms. The summed E-state index contributed by atoms with van der Waals surface area (Å²) < 4.78 is 0. The quantitative estimate of drug-likeness (QED) is 0.868. The molecule has 4 nitrogen and oxygen atoms in total. The number of benzene rings is 1. The number of aromatic nitrogens is 2. The van der Waals surface area contributed by atoms with Crippen LogP contribution in [-0.4, -0.2) is 16.1 Å². The second kappa shape index (κ2) is 4.29. The van der Waals surface area contributed by atoms with Crippen LogP contribution in [0.5, 0.6) is 0 Å². The maximum Gasteiger partial charge on any atom is 0.276 e. The lowest BCUT2D eigenvalue weighted by molar-refractivity contribution is 0.102. The van der Waals surface area contributed by atoms with Crippen molar-refractivity contribution < 1.29 is 4.79 Å². The number of anilines is 1. The minimum Gasteiger partial charge on any atom is -0.321 e. The number of aryl methyl sites for hydroxylation is 1. The lowest BCUT2D eigenvalue weighted by Gasteiger charge is -2.03. The van der Waals surface area contributed by atoms with Crippen LogP contribution in [0.4, 0.5) is 5.69 Å². The number of rotatable bonds is 3. The Bertz CT molecular complexity index is 584. The molecule has 92 valence electrons. The molecule has 1 fully saturated rings. The number of carbonyl (C=O) groups excluding carboxylic acids is 1. The zero-order valence-corrected chi connectivity index (χ0v) is 10.2. The molecule has 2 N–H and O–H groups in total. The molecule has 1 aliphatic rings. The highest BCUT2D eigenvalue weighted by molar-refractivity contribution is 6.02. The third-order valence-corrected chi connectivity index (χ3v) is 3.12. The molecule has 1 heterocycles. The van der Waals surface area contributed by atoms with Gasteiger partial charge in [0.1, 0.15) is 0 Å². The summed E-state index contributed by atoms with van der Waals surface area (Å²) in [4.78, 5) is 12.0. The van der Waals surface area contributed by atoms with Crippen LogP contribution >= 0.6 is 0 Å². The van der Waals surface area contributed by atoms with Crippen molar-refractivity contribution in [2.24, 2.45) is 0 Å². The molecule has 0 radical (unpaired) electrons. The summed E-state index contributed by atoms with van der Waals surface area (Å²) in [7, 11) is 0. The van der Waals surface area contributed by atoms with E-state index in [4.69, 9.17) is 0 Å². The third-order valence-electron chi connectivity index (χ3n) is 3.12. The van der Waals surface area contributed by atoms with Crippen molar-refractivity contribution >= 4 is 11.6 Å². The van der Waals surface area contributed by atoms with Crippen molar-refractivity contribution in [3.05, 3.63) is 47.3 Å². The van der Waals surface area contributed by atoms with E-state index >= 15 is 0 Å². The Hall–Kier alpha value is -2.10. The van der Waals surface area contributed by atoms with Crippen molar-refractivity contribution in [2.45, 2.75) is 25.7 Å². The first-order chi connectivity index (χ1) is 8.72. The van der Waals surface area contributed by atoms with Crippen LogP contribution in [-0.2, 0) is 0 Å². The SMILES string of the molecule is Cc1cccc(NC(=O)c2cc(C3CC3)[nH]n2)c1. The van der Waals surface area contributed by atoms with Gasteiger partial charge in [-0.05, 0) is 43.5 Å². The third kappa shape index (κ3) is 2.27. The van der Waals surface area contributed by atoms with E-state index in [1.54, 1.807) is 0 Å². The van der Waals surface area contributed by atoms with Crippen molar-refractivity contribution in [3.63, 3.8) is 0 Å². The van der Waals surface area contributed by atoms with Gasteiger partial charge in [-0.15, -0.1) is 0 Å². The summed E-state index contributed by atoms with van der Waals surface area (Å²) in [6.45, 7) is 2.00. The van der Waals surface area contributed by atoms with Gasteiger partial charge >= 0.3 is 0 Å². The highest BCUT2D eigenvalue weighted by Crippen LogP contribution is 2.39. The molecule has 2 aromatic rings. The predicted octanol–water partition coefficient (Wildman–Crippen LogP) is 2.85. The summed E-state index contributed by atoms with van der Waals surface area (Å²) in [5.74, 6) is 0.418. The highest BCUT2D eigenvalue weighted by atomic mass is 16.1. The van der Waals surface area contributed by atoms with E-state index in [2.05, 4.69) is 15.5 Å². The second-order valence-corrected chi connectivity index (χ2v) is 4.81. The first kappa shape index (κ1) is 11.0. The number of hydrogen-bond donors (Lipinski definition) is 2. The Labute approximate surface area is 105 Å². The maximum absolute atomic E-state index is 12.0. The summed E-state index contributed by atoms with van der Waals surface area (Å²) in [5, 5.41) is 9.84. The molecular weight excluding hydrogens is 226 g/mol. The molecular formula is C14H15N3O. The van der Waals surface area contributed by atoms with E-state index < -0.39 is 0 Å². The van der Waals surface area contributed by atoms with Crippen LogP contribution in [0.15, 0.2) is 30.3 Å². The molecule has 18 heavy (non-hydrogen) atoms. The van der Waals surface area contributed by atoms with Crippen LogP contribution in [0.3, 0.4) is 0 Å². The topological polar surface area (TPSA) is 57.8 Å². The van der Waals surface area contributed by atoms with Crippen LogP contribution < -0.4 is 5.32 Å². The highest BCUT2D eigenvalue weighted by Gasteiger charge is 2.26. The number of H-pyrrole nitrogens is 1. The van der Waals surface area contributed by atoms with Gasteiger partial charge in [-0.25, -0.2) is 0 Å². The van der Waals surface area contributed by atoms with E-state index in [9.17, 15) is 4.79 Å². The van der Waals surface area contributed by atoms with E-state index in [1.807, 2.05) is 37.3 Å². The molecule has 0 aliphatic heterocycles. The van der Waals surface area contributed by atoms with Gasteiger partial charge in [0.05, 0.1) is 0 Å². The number of aromatic amines is 1. The second-order valence-electron chi connectivity index (χ2n) is 4.81. The predicted molar refractivity (Wildman–Crippen MR) is 69.7 cm³/mol. The summed E-state index contributed by atoms with van der Waals surface area (Å²) in [5.41, 5.74) is 3.45. The Morgan fingerprint density at radius 1 is 1.39 bits per heavy atom. The first-order valence-electron chi connectivity index (χ1n) is 6.16. The molecule has 1 aliphatic carbocycles. The molecule has 1 amide bonds. The van der Waals surface area contributed by atoms with E-state index in [-0.39, 0.29) is 5.91 Å². The van der Waals surface area contributed by atoms with Gasteiger partial charge in [0, 0.05) is 17.3 Å². The summed E-state index contributed by atoms with van der Waals surface area (Å²) in [6, 6.07) is 9.58. The smallest absolute Gasteiger partial charge is 0.276 e. The Kier molecular flexibility index (Phi) is 2.63. The maximum atomic E-state index is 12.0. The minimum absolute atomic E-state index is 0.163. The van der Waals surface area contributed by atoms with Crippen molar-refractivity contribution in [3.8, 4) is 0 Å². The van der Waals surface area contributed by atoms with Gasteiger partial charge in [-0.3, -0.25) is 9.89 Å². The molecule has 0 atom stereocenters. The fourth-order valence-electron chi connectivity index (χ4n) is 1.97. The molecule has 0 saturated heterocycles. The lowest BCUT2D eigenvalue weighted by Crippen LogP contribution is -2.12. The normalized spacial score (nSPS) is 14.5. The average molecular weight is 241 g/mol. The summed E-state index contributed by atoms with van der Waals surface area (Å²) >= 11 is 0. The van der Waals surface area contributed by atoms with E-state index in [0.29, 0.717) is 11.6 Å². The Balaban J connectivity index is 1.73. The zero-order chi connectivity index (χ0) is 12.5. The summed E-state index contributed by atoms with van der Waals surface area (Å²) in [6.07, 6.45) is 2.39. The first-order valence-corrected chi connectivity index (χ1v) is 6.16. The molecule has 1 saturated carbocycles. The van der Waals surface area contributed by atoms with Gasteiger partial charge in [-0.2, -0.15) is 5.10 Å². The molecule has 1 aromatic heterocycles. The molecule has 3 rings (SSSR count). The minimum atomic E-state index is -0.163. The van der Waals surface area contributed by atoms with Crippen molar-refractivity contribution in [2.75, 3.05) is 5.32 Å². The van der Waals surface area contributed by atoms with Crippen LogP contribution in [0.1, 0.15) is 40.5 Å². The average Bonchev–Trinajstić information content (AvgIpc) is 3.07. The monoisotopic (exact) mass is 241 g/mol. The molecule has 0 unspecified atom stereocenters. The Morgan fingerprint density at radius 2 is 2.22 bits per heavy atom. The molecule has 4 heteroatoms. The van der Waals surface area contributed by atoms with E-state index in [0.717, 1.165) is 16.9 Å². The molecule has 1 aromatic carbocycles. The van der Waals surface area contributed by atoms with Gasteiger partial charge in [-0.1, -0.05) is 12.1 Å². The fourth-order valence-corrected chi connectivity index (χ4v) is 1.97. The van der Waals surface area contributed by atoms with Crippen molar-refractivity contribution in [1.82, 2.24) is 10.2 Å². The number of nitrogens with one attached hydrogen (secondary N) is 2. The van der Waals surface area contributed by atoms with Gasteiger partial charge in [0.2, 0.25) is 0 Å². The van der Waals surface area contributed by atoms with E-state index in [1.165, 1.54) is 12.8 Å². The number of nitrogens with zero attached hydrogens (tertiary/aromatic N) is 1. The molecule has 0 spiro atoms. The van der Waals surface area contributed by atoms with Crippen LogP contribution in [0, 0.1) is 6.92 Å². The van der Waals surface area contributed by atoms with Crippen molar-refractivity contribution in [1.29, 1.82) is 0 Å². The largest absolute Gasteiger partial charge is 0.321 e. The van der Waals surface area contributed by atoms with Gasteiger partial charge in [0.15, 0.2) is 5.69 Å².